The van der Waals surface area contributed by atoms with E-state index in [2.05, 4.69) is 15.2 Å². The van der Waals surface area contributed by atoms with Crippen molar-refractivity contribution in [2.75, 3.05) is 26.2 Å². The van der Waals surface area contributed by atoms with Crippen molar-refractivity contribution in [1.82, 2.24) is 19.8 Å². The van der Waals surface area contributed by atoms with E-state index in [0.717, 1.165) is 30.8 Å². The van der Waals surface area contributed by atoms with Crippen molar-refractivity contribution in [2.24, 2.45) is 0 Å². The van der Waals surface area contributed by atoms with Crippen LogP contribution in [0.5, 0.6) is 5.75 Å². The van der Waals surface area contributed by atoms with Crippen LogP contribution < -0.4 is 10.1 Å². The summed E-state index contributed by atoms with van der Waals surface area (Å²) < 4.78 is 7.97. The summed E-state index contributed by atoms with van der Waals surface area (Å²) in [7, 11) is 0. The molecule has 7 nitrogen and oxygen atoms in total. The zero-order valence-electron chi connectivity index (χ0n) is 14.5. The minimum absolute atomic E-state index is 0.460. The van der Waals surface area contributed by atoms with E-state index in [-0.39, 0.29) is 0 Å². The lowest BCUT2D eigenvalue weighted by atomic mass is 10.1. The number of hydrogen-bond donors (Lipinski definition) is 2. The number of hydrogen-bond acceptors (Lipinski definition) is 5. The molecular formula is C18H23ClN4O3. The molecule has 0 spiro atoms. The number of halogens is 1. The molecular weight excluding hydrogens is 356 g/mol. The molecule has 0 aliphatic carbocycles. The maximum absolute atomic E-state index is 11.2. The fourth-order valence-corrected chi connectivity index (χ4v) is 3.22. The summed E-state index contributed by atoms with van der Waals surface area (Å²) in [6.07, 6.45) is 6.34. The molecule has 0 amide bonds. The van der Waals surface area contributed by atoms with Crippen molar-refractivity contribution < 1.29 is 14.6 Å². The number of aryl methyl sites for hydroxylation is 1. The number of aromatic nitrogens is 2. The van der Waals surface area contributed by atoms with E-state index in [0.29, 0.717) is 31.3 Å². The van der Waals surface area contributed by atoms with Gasteiger partial charge in [0.25, 0.3) is 0 Å². The molecule has 0 bridgehead atoms. The molecule has 140 valence electrons. The number of carboxylic acids is 1. The minimum atomic E-state index is -0.822. The molecule has 1 atom stereocenters. The average molecular weight is 379 g/mol. The molecule has 0 radical (unpaired) electrons. The quantitative estimate of drug-likeness (QED) is 0.683. The highest BCUT2D eigenvalue weighted by Gasteiger charge is 2.25. The lowest BCUT2D eigenvalue weighted by molar-refractivity contribution is -0.140. The van der Waals surface area contributed by atoms with Gasteiger partial charge in [-0.2, -0.15) is 0 Å². The van der Waals surface area contributed by atoms with Gasteiger partial charge in [0.15, 0.2) is 0 Å². The number of carbonyl (C=O) groups is 1. The van der Waals surface area contributed by atoms with Gasteiger partial charge in [0, 0.05) is 55.7 Å². The number of piperazine rings is 1. The van der Waals surface area contributed by atoms with Crippen LogP contribution in [0.2, 0.25) is 5.02 Å². The third-order valence-corrected chi connectivity index (χ3v) is 4.59. The molecule has 2 N–H and O–H groups in total. The Morgan fingerprint density at radius 3 is 3.12 bits per heavy atom. The number of carboxylic acid groups (broad SMARTS) is 1. The van der Waals surface area contributed by atoms with Crippen LogP contribution in [0.15, 0.2) is 36.9 Å². The summed E-state index contributed by atoms with van der Waals surface area (Å²) in [5.74, 6) is -0.0257. The Bertz CT molecular complexity index is 723. The number of rotatable bonds is 8. The minimum Gasteiger partial charge on any atom is -0.493 e. The molecule has 26 heavy (non-hydrogen) atoms. The zero-order chi connectivity index (χ0) is 18.4. The fraction of sp³-hybridized carbons (Fsp3) is 0.444. The summed E-state index contributed by atoms with van der Waals surface area (Å²) >= 11 is 6.15. The Balaban J connectivity index is 1.57. The summed E-state index contributed by atoms with van der Waals surface area (Å²) in [4.78, 5) is 17.3. The normalized spacial score (nSPS) is 18.0. The highest BCUT2D eigenvalue weighted by molar-refractivity contribution is 6.30. The first kappa shape index (κ1) is 18.7. The smallest absolute Gasteiger partial charge is 0.322 e. The molecule has 2 heterocycles. The molecule has 1 aliphatic heterocycles. The van der Waals surface area contributed by atoms with Gasteiger partial charge >= 0.3 is 5.97 Å². The first-order chi connectivity index (χ1) is 12.6. The third kappa shape index (κ3) is 5.20. The average Bonchev–Trinajstić information content (AvgIpc) is 3.14. The van der Waals surface area contributed by atoms with E-state index in [9.17, 15) is 9.90 Å². The second-order valence-electron chi connectivity index (χ2n) is 6.33. The predicted molar refractivity (Wildman–Crippen MR) is 98.5 cm³/mol. The summed E-state index contributed by atoms with van der Waals surface area (Å²) in [5.41, 5.74) is 0.978. The first-order valence-corrected chi connectivity index (χ1v) is 9.05. The van der Waals surface area contributed by atoms with Crippen LogP contribution in [0.25, 0.3) is 0 Å². The van der Waals surface area contributed by atoms with Gasteiger partial charge in [0.1, 0.15) is 11.8 Å². The van der Waals surface area contributed by atoms with Crippen LogP contribution in [0, 0.1) is 0 Å². The molecule has 1 fully saturated rings. The van der Waals surface area contributed by atoms with Gasteiger partial charge in [0.2, 0.25) is 0 Å². The van der Waals surface area contributed by atoms with Crippen molar-refractivity contribution in [1.29, 1.82) is 0 Å². The third-order valence-electron chi connectivity index (χ3n) is 4.35. The zero-order valence-corrected chi connectivity index (χ0v) is 15.2. The lowest BCUT2D eigenvalue weighted by Crippen LogP contribution is -2.53. The van der Waals surface area contributed by atoms with E-state index in [1.165, 1.54) is 0 Å². The van der Waals surface area contributed by atoms with Gasteiger partial charge in [-0.25, -0.2) is 4.98 Å². The van der Waals surface area contributed by atoms with Gasteiger partial charge < -0.3 is 19.7 Å². The van der Waals surface area contributed by atoms with Crippen LogP contribution in [-0.2, 0) is 17.9 Å². The molecule has 8 heteroatoms. The highest BCUT2D eigenvalue weighted by atomic mass is 35.5. The van der Waals surface area contributed by atoms with E-state index in [4.69, 9.17) is 16.3 Å². The number of ether oxygens (including phenoxy) is 1. The lowest BCUT2D eigenvalue weighted by Gasteiger charge is -2.32. The Morgan fingerprint density at radius 1 is 1.46 bits per heavy atom. The Morgan fingerprint density at radius 2 is 2.35 bits per heavy atom. The molecule has 3 rings (SSSR count). The summed E-state index contributed by atoms with van der Waals surface area (Å²) in [6.45, 7) is 3.95. The van der Waals surface area contributed by atoms with Gasteiger partial charge in [-0.1, -0.05) is 11.6 Å². The van der Waals surface area contributed by atoms with Crippen molar-refractivity contribution in [3.8, 4) is 5.75 Å². The van der Waals surface area contributed by atoms with Crippen molar-refractivity contribution in [2.45, 2.75) is 25.6 Å². The Labute approximate surface area is 157 Å². The number of imidazole rings is 1. The number of nitrogens with one attached hydrogen (secondary N) is 1. The van der Waals surface area contributed by atoms with Crippen molar-refractivity contribution in [3.63, 3.8) is 0 Å². The SMILES string of the molecule is O=C(O)C1CN(Cc2cc(Cl)ccc2OCCCn2ccnc2)CCN1. The van der Waals surface area contributed by atoms with Crippen LogP contribution in [0.4, 0.5) is 0 Å². The maximum Gasteiger partial charge on any atom is 0.322 e. The summed E-state index contributed by atoms with van der Waals surface area (Å²) in [5, 5.41) is 12.9. The molecule has 2 aromatic rings. The second-order valence-corrected chi connectivity index (χ2v) is 6.77. The van der Waals surface area contributed by atoms with Gasteiger partial charge in [0.05, 0.1) is 12.9 Å². The predicted octanol–water partition coefficient (Wildman–Crippen LogP) is 1.86. The summed E-state index contributed by atoms with van der Waals surface area (Å²) in [6, 6.07) is 5.05. The van der Waals surface area contributed by atoms with E-state index >= 15 is 0 Å². The van der Waals surface area contributed by atoms with E-state index < -0.39 is 12.0 Å². The number of nitrogens with zero attached hydrogens (tertiary/aromatic N) is 3. The molecule has 1 aromatic heterocycles. The number of aliphatic carboxylic acids is 1. The van der Waals surface area contributed by atoms with Crippen molar-refractivity contribution in [3.05, 3.63) is 47.5 Å². The Kier molecular flexibility index (Phi) is 6.49. The molecule has 1 saturated heterocycles. The van der Waals surface area contributed by atoms with E-state index in [1.54, 1.807) is 12.5 Å². The topological polar surface area (TPSA) is 79.6 Å². The van der Waals surface area contributed by atoms with Crippen molar-refractivity contribution >= 4 is 17.6 Å². The monoisotopic (exact) mass is 378 g/mol. The maximum atomic E-state index is 11.2. The molecule has 1 unspecified atom stereocenters. The molecule has 1 aromatic carbocycles. The second kappa shape index (κ2) is 9.02. The fourth-order valence-electron chi connectivity index (χ4n) is 3.02. The van der Waals surface area contributed by atoms with Crippen LogP contribution in [-0.4, -0.2) is 57.8 Å². The van der Waals surface area contributed by atoms with Gasteiger partial charge in [-0.3, -0.25) is 9.69 Å². The Hall–Kier alpha value is -2.09. The number of benzene rings is 1. The van der Waals surface area contributed by atoms with E-state index in [1.807, 2.05) is 29.0 Å². The largest absolute Gasteiger partial charge is 0.493 e. The van der Waals surface area contributed by atoms with Crippen LogP contribution >= 0.6 is 11.6 Å². The van der Waals surface area contributed by atoms with Gasteiger partial charge in [-0.15, -0.1) is 0 Å². The standard InChI is InChI=1S/C18H23ClN4O3/c19-15-2-3-17(26-9-1-6-22-7-4-20-13-22)14(10-15)11-23-8-5-21-16(12-23)18(24)25/h2-4,7,10,13,16,21H,1,5-6,8-9,11-12H2,(H,24,25). The first-order valence-electron chi connectivity index (χ1n) is 8.67. The molecule has 1 aliphatic rings. The van der Waals surface area contributed by atoms with Crippen LogP contribution in [0.1, 0.15) is 12.0 Å². The highest BCUT2D eigenvalue weighted by Crippen LogP contribution is 2.25. The van der Waals surface area contributed by atoms with Gasteiger partial charge in [-0.05, 0) is 24.6 Å². The van der Waals surface area contributed by atoms with Crippen LogP contribution in [0.3, 0.4) is 0 Å². The molecule has 0 saturated carbocycles.